The van der Waals surface area contributed by atoms with Crippen LogP contribution in [0.4, 0.5) is 0 Å². The maximum Gasteiger partial charge on any atom is 0.175 e. The molecule has 0 atom stereocenters. The van der Waals surface area contributed by atoms with E-state index in [1.54, 1.807) is 39.6 Å². The summed E-state index contributed by atoms with van der Waals surface area (Å²) in [4.78, 5) is 9.31. The van der Waals surface area contributed by atoms with Gasteiger partial charge < -0.3 is 0 Å². The highest BCUT2D eigenvalue weighted by Gasteiger charge is 2.13. The Labute approximate surface area is 283 Å². The smallest absolute Gasteiger partial charge is 0.175 e. The van der Waals surface area contributed by atoms with Crippen LogP contribution in [0.1, 0.15) is 50.7 Å². The van der Waals surface area contributed by atoms with Gasteiger partial charge in [0.25, 0.3) is 0 Å². The van der Waals surface area contributed by atoms with E-state index in [1.807, 2.05) is 30.9 Å². The highest BCUT2D eigenvalue weighted by Crippen LogP contribution is 2.28. The van der Waals surface area contributed by atoms with Crippen LogP contribution in [0.3, 0.4) is 0 Å². The molecule has 0 N–H and O–H groups in total. The van der Waals surface area contributed by atoms with E-state index >= 15 is 0 Å². The molecule has 7 rings (SSSR count). The first-order valence-corrected chi connectivity index (χ1v) is 18.0. The van der Waals surface area contributed by atoms with Gasteiger partial charge in [-0.1, -0.05) is 88.4 Å². The highest BCUT2D eigenvalue weighted by atomic mass is 79.9. The van der Waals surface area contributed by atoms with Crippen molar-refractivity contribution in [2.75, 3.05) is 6.26 Å². The number of hydrogen-bond acceptors (Lipinski definition) is 6. The quantitative estimate of drug-likeness (QED) is 0.171. The van der Waals surface area contributed by atoms with Crippen molar-refractivity contribution in [2.24, 2.45) is 0 Å². The normalized spacial score (nSPS) is 11.7. The van der Waals surface area contributed by atoms with E-state index in [0.717, 1.165) is 43.5 Å². The van der Waals surface area contributed by atoms with Gasteiger partial charge in [0, 0.05) is 47.7 Å². The second-order valence-electron chi connectivity index (χ2n) is 12.1. The van der Waals surface area contributed by atoms with E-state index in [-0.39, 0.29) is 4.90 Å². The Morgan fingerprint density at radius 3 is 1.66 bits per heavy atom. The van der Waals surface area contributed by atoms with Crippen LogP contribution in [0.5, 0.6) is 0 Å². The van der Waals surface area contributed by atoms with Crippen LogP contribution >= 0.6 is 15.9 Å². The predicted molar refractivity (Wildman–Crippen MR) is 191 cm³/mol. The average molecular weight is 708 g/mol. The third kappa shape index (κ3) is 7.03. The van der Waals surface area contributed by atoms with Gasteiger partial charge in [0.1, 0.15) is 0 Å². The molecule has 7 aromatic rings. The summed E-state index contributed by atoms with van der Waals surface area (Å²) in [6, 6.07) is 23.9. The van der Waals surface area contributed by atoms with Crippen LogP contribution < -0.4 is 0 Å². The standard InChI is InChI=1S/C22H21N3O2S.C15H14BrN3/c1-15(2)16-7-9-17(10-8-16)19-12-23-22-21(13-24-25(22)14-19)18-5-4-6-20(11-18)28(3,26)27;1-10(2)11-3-5-12(6-4-11)13-7-17-15-14(16)8-18-19(15)9-13/h4-15H,1-3H3;3-10H,1-2H3. The Morgan fingerprint density at radius 2 is 1.13 bits per heavy atom. The zero-order valence-electron chi connectivity index (χ0n) is 26.8. The molecule has 0 amide bonds. The van der Waals surface area contributed by atoms with Crippen molar-refractivity contribution in [2.45, 2.75) is 44.4 Å². The maximum atomic E-state index is 11.8. The first kappa shape index (κ1) is 32.3. The fourth-order valence-corrected chi connectivity index (χ4v) is 6.28. The van der Waals surface area contributed by atoms with Gasteiger partial charge in [-0.25, -0.2) is 27.4 Å². The van der Waals surface area contributed by atoms with E-state index in [2.05, 4.69) is 112 Å². The lowest BCUT2D eigenvalue weighted by Crippen LogP contribution is -1.97. The van der Waals surface area contributed by atoms with E-state index in [4.69, 9.17) is 0 Å². The molecule has 10 heteroatoms. The molecule has 0 saturated heterocycles. The second-order valence-corrected chi connectivity index (χ2v) is 15.0. The molecule has 0 unspecified atom stereocenters. The predicted octanol–water partition coefficient (Wildman–Crippen LogP) is 8.87. The lowest BCUT2D eigenvalue weighted by atomic mass is 10.00. The van der Waals surface area contributed by atoms with Gasteiger partial charge in [0.2, 0.25) is 0 Å². The summed E-state index contributed by atoms with van der Waals surface area (Å²) in [5.74, 6) is 1.04. The Hall–Kier alpha value is -4.67. The van der Waals surface area contributed by atoms with Gasteiger partial charge in [0.05, 0.1) is 21.8 Å². The molecule has 4 aromatic heterocycles. The summed E-state index contributed by atoms with van der Waals surface area (Å²) in [6.07, 6.45) is 12.3. The summed E-state index contributed by atoms with van der Waals surface area (Å²) in [6.45, 7) is 8.74. The van der Waals surface area contributed by atoms with Crippen molar-refractivity contribution in [3.63, 3.8) is 0 Å². The van der Waals surface area contributed by atoms with Crippen molar-refractivity contribution >= 4 is 37.1 Å². The van der Waals surface area contributed by atoms with Gasteiger partial charge in [-0.3, -0.25) is 0 Å². The molecule has 3 aromatic carbocycles. The lowest BCUT2D eigenvalue weighted by Gasteiger charge is -2.07. The molecule has 8 nitrogen and oxygen atoms in total. The number of benzene rings is 3. The number of halogens is 1. The zero-order valence-corrected chi connectivity index (χ0v) is 29.2. The molecule has 4 heterocycles. The van der Waals surface area contributed by atoms with Crippen LogP contribution in [0.2, 0.25) is 0 Å². The fourth-order valence-electron chi connectivity index (χ4n) is 5.24. The van der Waals surface area contributed by atoms with Gasteiger partial charge in [-0.2, -0.15) is 10.2 Å². The van der Waals surface area contributed by atoms with E-state index in [1.165, 1.54) is 17.4 Å². The molecular weight excluding hydrogens is 672 g/mol. The monoisotopic (exact) mass is 706 g/mol. The van der Waals surface area contributed by atoms with E-state index in [0.29, 0.717) is 17.5 Å². The van der Waals surface area contributed by atoms with Crippen LogP contribution in [-0.4, -0.2) is 43.9 Å². The summed E-state index contributed by atoms with van der Waals surface area (Å²) in [5, 5.41) is 8.68. The average Bonchev–Trinajstić information content (AvgIpc) is 3.67. The van der Waals surface area contributed by atoms with Crippen molar-refractivity contribution in [3.05, 3.63) is 126 Å². The van der Waals surface area contributed by atoms with Crippen LogP contribution in [0.25, 0.3) is 44.7 Å². The summed E-state index contributed by atoms with van der Waals surface area (Å²) in [5.41, 5.74) is 10.0. The van der Waals surface area contributed by atoms with Crippen molar-refractivity contribution in [3.8, 4) is 33.4 Å². The van der Waals surface area contributed by atoms with Gasteiger partial charge >= 0.3 is 0 Å². The first-order chi connectivity index (χ1) is 22.5. The largest absolute Gasteiger partial charge is 0.236 e. The summed E-state index contributed by atoms with van der Waals surface area (Å²) >= 11 is 3.43. The molecule has 47 heavy (non-hydrogen) atoms. The van der Waals surface area contributed by atoms with Gasteiger partial charge in [-0.05, 0) is 67.7 Å². The van der Waals surface area contributed by atoms with E-state index < -0.39 is 9.84 Å². The summed E-state index contributed by atoms with van der Waals surface area (Å²) < 4.78 is 28.1. The minimum Gasteiger partial charge on any atom is -0.236 e. The molecular formula is C37H35BrN6O2S. The third-order valence-corrected chi connectivity index (χ3v) is 9.73. The third-order valence-electron chi connectivity index (χ3n) is 8.06. The SMILES string of the molecule is CC(C)c1ccc(-c2cnc3c(-c4cccc(S(C)(=O)=O)c4)cnn3c2)cc1.CC(C)c1ccc(-c2cnc3c(Br)cnn3c2)cc1. The lowest BCUT2D eigenvalue weighted by molar-refractivity contribution is 0.602. The number of rotatable bonds is 6. The molecule has 0 bridgehead atoms. The maximum absolute atomic E-state index is 11.8. The Morgan fingerprint density at radius 1 is 0.617 bits per heavy atom. The van der Waals surface area contributed by atoms with Crippen LogP contribution in [0.15, 0.2) is 119 Å². The van der Waals surface area contributed by atoms with Crippen molar-refractivity contribution in [1.29, 1.82) is 0 Å². The zero-order chi connectivity index (χ0) is 33.3. The Kier molecular flexibility index (Phi) is 9.07. The molecule has 238 valence electrons. The highest BCUT2D eigenvalue weighted by molar-refractivity contribution is 9.10. The minimum absolute atomic E-state index is 0.284. The number of fused-ring (bicyclic) bond motifs is 2. The fraction of sp³-hybridized carbons (Fsp3) is 0.189. The van der Waals surface area contributed by atoms with Crippen LogP contribution in [0, 0.1) is 0 Å². The number of sulfone groups is 1. The molecule has 0 fully saturated rings. The minimum atomic E-state index is -3.27. The molecule has 0 aliphatic heterocycles. The Balaban J connectivity index is 0.000000177. The van der Waals surface area contributed by atoms with Crippen molar-refractivity contribution in [1.82, 2.24) is 29.2 Å². The first-order valence-electron chi connectivity index (χ1n) is 15.3. The number of hydrogen-bond donors (Lipinski definition) is 0. The Bertz CT molecular complexity index is 2290. The summed E-state index contributed by atoms with van der Waals surface area (Å²) in [7, 11) is -3.27. The molecule has 0 aliphatic rings. The van der Waals surface area contributed by atoms with Gasteiger partial charge in [0.15, 0.2) is 21.1 Å². The molecule has 0 aliphatic carbocycles. The van der Waals surface area contributed by atoms with E-state index in [9.17, 15) is 8.42 Å². The number of nitrogens with zero attached hydrogens (tertiary/aromatic N) is 6. The molecule has 0 radical (unpaired) electrons. The van der Waals surface area contributed by atoms with Crippen LogP contribution in [-0.2, 0) is 9.84 Å². The molecule has 0 saturated carbocycles. The van der Waals surface area contributed by atoms with Crippen molar-refractivity contribution < 1.29 is 8.42 Å². The second kappa shape index (κ2) is 13.2. The topological polar surface area (TPSA) is 94.5 Å². The number of aromatic nitrogens is 6. The van der Waals surface area contributed by atoms with Gasteiger partial charge in [-0.15, -0.1) is 0 Å². The molecule has 0 spiro atoms.